The molecule has 17 heavy (non-hydrogen) atoms. The van der Waals surface area contributed by atoms with Gasteiger partial charge in [-0.05, 0) is 52.5 Å². The zero-order chi connectivity index (χ0) is 12.5. The summed E-state index contributed by atoms with van der Waals surface area (Å²) in [5.41, 5.74) is 6.36. The lowest BCUT2D eigenvalue weighted by Gasteiger charge is -2.50. The number of nitrogens with zero attached hydrogens (tertiary/aromatic N) is 1. The van der Waals surface area contributed by atoms with Crippen LogP contribution in [0.4, 0.5) is 0 Å². The minimum absolute atomic E-state index is 0.203. The van der Waals surface area contributed by atoms with Crippen LogP contribution in [0.2, 0.25) is 0 Å². The van der Waals surface area contributed by atoms with Crippen molar-refractivity contribution in [1.29, 1.82) is 0 Å². The molecule has 0 aromatic rings. The Bertz CT molecular complexity index is 243. The first-order valence-corrected chi connectivity index (χ1v) is 7.23. The van der Waals surface area contributed by atoms with Gasteiger partial charge in [0.1, 0.15) is 0 Å². The van der Waals surface area contributed by atoms with Crippen LogP contribution in [0, 0.1) is 0 Å². The SMILES string of the molecule is CCCN(C1CC1)C1(CN)CC(C)OC(C)C1. The van der Waals surface area contributed by atoms with Gasteiger partial charge < -0.3 is 10.5 Å². The highest BCUT2D eigenvalue weighted by atomic mass is 16.5. The highest BCUT2D eigenvalue weighted by Crippen LogP contribution is 2.40. The standard InChI is InChI=1S/C14H28N2O/c1-4-7-16(13-5-6-13)14(10-15)8-11(2)17-12(3)9-14/h11-13H,4-10,15H2,1-3H3. The number of ether oxygens (including phenoxy) is 1. The monoisotopic (exact) mass is 240 g/mol. The third-order valence-electron chi connectivity index (χ3n) is 4.24. The molecular weight excluding hydrogens is 212 g/mol. The van der Waals surface area contributed by atoms with Gasteiger partial charge in [0.25, 0.3) is 0 Å². The third-order valence-corrected chi connectivity index (χ3v) is 4.24. The molecule has 2 fully saturated rings. The first-order valence-electron chi connectivity index (χ1n) is 7.23. The Morgan fingerprint density at radius 1 is 1.24 bits per heavy atom. The molecule has 100 valence electrons. The molecule has 0 spiro atoms. The Morgan fingerprint density at radius 2 is 1.82 bits per heavy atom. The van der Waals surface area contributed by atoms with Gasteiger partial charge in [-0.2, -0.15) is 0 Å². The van der Waals surface area contributed by atoms with Crippen LogP contribution in [-0.2, 0) is 4.74 Å². The fourth-order valence-corrected chi connectivity index (χ4v) is 3.60. The van der Waals surface area contributed by atoms with Crippen molar-refractivity contribution in [2.75, 3.05) is 13.1 Å². The summed E-state index contributed by atoms with van der Waals surface area (Å²) in [6, 6.07) is 0.802. The van der Waals surface area contributed by atoms with Crippen LogP contribution in [0.1, 0.15) is 52.9 Å². The lowest BCUT2D eigenvalue weighted by atomic mass is 9.82. The predicted molar refractivity (Wildman–Crippen MR) is 71.0 cm³/mol. The second-order valence-corrected chi connectivity index (χ2v) is 6.02. The van der Waals surface area contributed by atoms with Crippen molar-refractivity contribution in [1.82, 2.24) is 4.90 Å². The average Bonchev–Trinajstić information content (AvgIpc) is 3.08. The van der Waals surface area contributed by atoms with Crippen LogP contribution in [0.3, 0.4) is 0 Å². The molecule has 0 aromatic heterocycles. The van der Waals surface area contributed by atoms with Crippen LogP contribution < -0.4 is 5.73 Å². The highest BCUT2D eigenvalue weighted by Gasteiger charge is 2.46. The minimum atomic E-state index is 0.203. The molecule has 0 bridgehead atoms. The fourth-order valence-electron chi connectivity index (χ4n) is 3.60. The van der Waals surface area contributed by atoms with Crippen LogP contribution in [0.5, 0.6) is 0 Å². The van der Waals surface area contributed by atoms with Crippen LogP contribution >= 0.6 is 0 Å². The molecule has 2 atom stereocenters. The summed E-state index contributed by atoms with van der Waals surface area (Å²) >= 11 is 0. The summed E-state index contributed by atoms with van der Waals surface area (Å²) in [7, 11) is 0. The minimum Gasteiger partial charge on any atom is -0.375 e. The second-order valence-electron chi connectivity index (χ2n) is 6.02. The van der Waals surface area contributed by atoms with Crippen molar-refractivity contribution in [3.05, 3.63) is 0 Å². The maximum absolute atomic E-state index is 6.16. The van der Waals surface area contributed by atoms with Gasteiger partial charge >= 0.3 is 0 Å². The topological polar surface area (TPSA) is 38.5 Å². The van der Waals surface area contributed by atoms with E-state index in [0.717, 1.165) is 25.4 Å². The Hall–Kier alpha value is -0.120. The smallest absolute Gasteiger partial charge is 0.0568 e. The third kappa shape index (κ3) is 2.83. The zero-order valence-corrected chi connectivity index (χ0v) is 11.6. The maximum Gasteiger partial charge on any atom is 0.0568 e. The summed E-state index contributed by atoms with van der Waals surface area (Å²) in [4.78, 5) is 2.71. The Morgan fingerprint density at radius 3 is 2.24 bits per heavy atom. The predicted octanol–water partition coefficient (Wildman–Crippen LogP) is 2.15. The summed E-state index contributed by atoms with van der Waals surface area (Å²) in [5.74, 6) is 0. The van der Waals surface area contributed by atoms with E-state index in [1.807, 2.05) is 0 Å². The Kier molecular flexibility index (Phi) is 4.11. The molecule has 0 radical (unpaired) electrons. The largest absolute Gasteiger partial charge is 0.375 e. The normalized spacial score (nSPS) is 38.6. The molecule has 0 amide bonds. The molecule has 3 nitrogen and oxygen atoms in total. The summed E-state index contributed by atoms with van der Waals surface area (Å²) in [5, 5.41) is 0. The number of rotatable bonds is 5. The Balaban J connectivity index is 2.14. The fraction of sp³-hybridized carbons (Fsp3) is 1.00. The van der Waals surface area contributed by atoms with E-state index in [2.05, 4.69) is 25.7 Å². The van der Waals surface area contributed by atoms with E-state index in [9.17, 15) is 0 Å². The summed E-state index contributed by atoms with van der Waals surface area (Å²) < 4.78 is 5.89. The van der Waals surface area contributed by atoms with Crippen molar-refractivity contribution in [3.63, 3.8) is 0 Å². The molecule has 0 aromatic carbocycles. The molecule has 2 N–H and O–H groups in total. The zero-order valence-electron chi connectivity index (χ0n) is 11.6. The van der Waals surface area contributed by atoms with Crippen molar-refractivity contribution >= 4 is 0 Å². The van der Waals surface area contributed by atoms with E-state index in [-0.39, 0.29) is 5.54 Å². The molecule has 2 aliphatic rings. The van der Waals surface area contributed by atoms with Gasteiger partial charge in [0.05, 0.1) is 12.2 Å². The maximum atomic E-state index is 6.16. The van der Waals surface area contributed by atoms with E-state index in [1.165, 1.54) is 25.8 Å². The molecule has 1 saturated carbocycles. The first kappa shape index (κ1) is 13.3. The molecule has 1 saturated heterocycles. The van der Waals surface area contributed by atoms with Gasteiger partial charge in [-0.25, -0.2) is 0 Å². The average molecular weight is 240 g/mol. The van der Waals surface area contributed by atoms with Gasteiger partial charge in [-0.1, -0.05) is 6.92 Å². The van der Waals surface area contributed by atoms with Gasteiger partial charge in [-0.15, -0.1) is 0 Å². The molecular formula is C14H28N2O. The van der Waals surface area contributed by atoms with Crippen molar-refractivity contribution < 1.29 is 4.74 Å². The molecule has 2 unspecified atom stereocenters. The van der Waals surface area contributed by atoms with Gasteiger partial charge in [0.15, 0.2) is 0 Å². The van der Waals surface area contributed by atoms with Gasteiger partial charge in [-0.3, -0.25) is 4.90 Å². The van der Waals surface area contributed by atoms with Crippen LogP contribution in [-0.4, -0.2) is 41.8 Å². The van der Waals surface area contributed by atoms with Crippen LogP contribution in [0.25, 0.3) is 0 Å². The highest BCUT2D eigenvalue weighted by molar-refractivity contribution is 5.02. The number of hydrogen-bond acceptors (Lipinski definition) is 3. The first-order chi connectivity index (χ1) is 8.11. The molecule has 3 heteroatoms. The number of hydrogen-bond donors (Lipinski definition) is 1. The number of nitrogens with two attached hydrogens (primary N) is 1. The van der Waals surface area contributed by atoms with Crippen LogP contribution in [0.15, 0.2) is 0 Å². The van der Waals surface area contributed by atoms with Crippen molar-refractivity contribution in [2.24, 2.45) is 5.73 Å². The van der Waals surface area contributed by atoms with Crippen molar-refractivity contribution in [2.45, 2.75) is 76.7 Å². The lowest BCUT2D eigenvalue weighted by molar-refractivity contribution is -0.105. The van der Waals surface area contributed by atoms with E-state index >= 15 is 0 Å². The molecule has 2 rings (SSSR count). The quantitative estimate of drug-likeness (QED) is 0.800. The second kappa shape index (κ2) is 5.25. The van der Waals surface area contributed by atoms with E-state index in [4.69, 9.17) is 10.5 Å². The summed E-state index contributed by atoms with van der Waals surface area (Å²) in [6.45, 7) is 8.63. The molecule has 1 heterocycles. The lowest BCUT2D eigenvalue weighted by Crippen LogP contribution is -2.60. The van der Waals surface area contributed by atoms with E-state index < -0.39 is 0 Å². The molecule has 1 aliphatic carbocycles. The van der Waals surface area contributed by atoms with Crippen molar-refractivity contribution in [3.8, 4) is 0 Å². The Labute approximate surface area is 106 Å². The van der Waals surface area contributed by atoms with E-state index in [0.29, 0.717) is 12.2 Å². The molecule has 1 aliphatic heterocycles. The summed E-state index contributed by atoms with van der Waals surface area (Å²) in [6.07, 6.45) is 6.86. The van der Waals surface area contributed by atoms with E-state index in [1.54, 1.807) is 0 Å². The van der Waals surface area contributed by atoms with Gasteiger partial charge in [0.2, 0.25) is 0 Å². The van der Waals surface area contributed by atoms with Gasteiger partial charge in [0, 0.05) is 18.1 Å².